The van der Waals surface area contributed by atoms with E-state index < -0.39 is 0 Å². The Hall–Kier alpha value is -2.82. The molecule has 156 valence electrons. The van der Waals surface area contributed by atoms with Gasteiger partial charge >= 0.3 is 0 Å². The third-order valence-electron chi connectivity index (χ3n) is 5.04. The molecule has 2 N–H and O–H groups in total. The quantitative estimate of drug-likeness (QED) is 0.556. The van der Waals surface area contributed by atoms with Crippen LogP contribution in [-0.4, -0.2) is 31.4 Å². The van der Waals surface area contributed by atoms with Crippen LogP contribution in [0.3, 0.4) is 0 Å². The minimum atomic E-state index is -0.218. The standard InChI is InChI=1S/C24H33N3O2/c1-5-8-9-15-25-23(28)19-11-10-12-20(17-19)24(29)26-22-14-13-21(16-18(22)4)27(6-2)7-3/h10-14,16-17H,5-9,15H2,1-4H3,(H,25,28)(H,26,29). The molecule has 0 saturated heterocycles. The molecule has 2 amide bonds. The molecule has 0 bridgehead atoms. The second-order valence-corrected chi connectivity index (χ2v) is 7.17. The van der Waals surface area contributed by atoms with Crippen molar-refractivity contribution >= 4 is 23.2 Å². The lowest BCUT2D eigenvalue weighted by Gasteiger charge is -2.22. The third kappa shape index (κ3) is 6.34. The lowest BCUT2D eigenvalue weighted by molar-refractivity contribution is 0.0953. The summed E-state index contributed by atoms with van der Waals surface area (Å²) in [7, 11) is 0. The Morgan fingerprint density at radius 3 is 2.21 bits per heavy atom. The van der Waals surface area contributed by atoms with Crippen molar-refractivity contribution in [3.8, 4) is 0 Å². The van der Waals surface area contributed by atoms with Crippen LogP contribution in [0.1, 0.15) is 66.3 Å². The summed E-state index contributed by atoms with van der Waals surface area (Å²) in [5.74, 6) is -0.361. The van der Waals surface area contributed by atoms with Crippen LogP contribution in [0.25, 0.3) is 0 Å². The molecule has 29 heavy (non-hydrogen) atoms. The van der Waals surface area contributed by atoms with Gasteiger partial charge in [0.15, 0.2) is 0 Å². The molecule has 0 aliphatic rings. The maximum atomic E-state index is 12.7. The number of carbonyl (C=O) groups is 2. The highest BCUT2D eigenvalue weighted by molar-refractivity contribution is 6.06. The Bertz CT molecular complexity index is 829. The second kappa shape index (κ2) is 11.2. The maximum absolute atomic E-state index is 12.7. The number of amides is 2. The average molecular weight is 396 g/mol. The summed E-state index contributed by atoms with van der Waals surface area (Å²) in [5, 5.41) is 5.88. The molecular formula is C24H33N3O2. The van der Waals surface area contributed by atoms with Crippen molar-refractivity contribution < 1.29 is 9.59 Å². The number of nitrogens with one attached hydrogen (secondary N) is 2. The number of hydrogen-bond donors (Lipinski definition) is 2. The molecule has 0 aliphatic heterocycles. The van der Waals surface area contributed by atoms with Crippen molar-refractivity contribution in [2.24, 2.45) is 0 Å². The van der Waals surface area contributed by atoms with Crippen LogP contribution in [0, 0.1) is 6.92 Å². The Labute approximate surface area is 174 Å². The van der Waals surface area contributed by atoms with Gasteiger partial charge in [0.1, 0.15) is 0 Å². The van der Waals surface area contributed by atoms with Gasteiger partial charge in [-0.05, 0) is 69.2 Å². The molecule has 5 heteroatoms. The van der Waals surface area contributed by atoms with E-state index in [1.165, 1.54) is 0 Å². The zero-order valence-corrected chi connectivity index (χ0v) is 18.0. The normalized spacial score (nSPS) is 10.5. The first-order chi connectivity index (χ1) is 14.0. The Morgan fingerprint density at radius 2 is 1.59 bits per heavy atom. The summed E-state index contributed by atoms with van der Waals surface area (Å²) in [4.78, 5) is 27.3. The molecule has 2 aromatic carbocycles. The van der Waals surface area contributed by atoms with Crippen LogP contribution in [0.4, 0.5) is 11.4 Å². The summed E-state index contributed by atoms with van der Waals surface area (Å²) in [5.41, 5.74) is 3.90. The predicted molar refractivity (Wildman–Crippen MR) is 121 cm³/mol. The van der Waals surface area contributed by atoms with Crippen molar-refractivity contribution in [3.05, 3.63) is 59.2 Å². The van der Waals surface area contributed by atoms with Gasteiger partial charge in [-0.25, -0.2) is 0 Å². The number of hydrogen-bond acceptors (Lipinski definition) is 3. The fraction of sp³-hybridized carbons (Fsp3) is 0.417. The van der Waals surface area contributed by atoms with E-state index in [2.05, 4.69) is 42.4 Å². The highest BCUT2D eigenvalue weighted by Crippen LogP contribution is 2.23. The van der Waals surface area contributed by atoms with Crippen molar-refractivity contribution in [2.45, 2.75) is 47.0 Å². The van der Waals surface area contributed by atoms with Crippen LogP contribution < -0.4 is 15.5 Å². The fourth-order valence-corrected chi connectivity index (χ4v) is 3.25. The van der Waals surface area contributed by atoms with Gasteiger partial charge in [-0.3, -0.25) is 9.59 Å². The van der Waals surface area contributed by atoms with Crippen molar-refractivity contribution in [3.63, 3.8) is 0 Å². The van der Waals surface area contributed by atoms with Gasteiger partial charge < -0.3 is 15.5 Å². The molecular weight excluding hydrogens is 362 g/mol. The maximum Gasteiger partial charge on any atom is 0.255 e. The van der Waals surface area contributed by atoms with E-state index in [4.69, 9.17) is 0 Å². The molecule has 2 rings (SSSR count). The number of anilines is 2. The predicted octanol–water partition coefficient (Wildman–Crippen LogP) is 5.01. The molecule has 0 fully saturated rings. The number of nitrogens with zero attached hydrogens (tertiary/aromatic N) is 1. The van der Waals surface area contributed by atoms with Crippen molar-refractivity contribution in [1.29, 1.82) is 0 Å². The smallest absolute Gasteiger partial charge is 0.255 e. The average Bonchev–Trinajstić information content (AvgIpc) is 2.74. The molecule has 0 atom stereocenters. The van der Waals surface area contributed by atoms with Crippen LogP contribution in [0.5, 0.6) is 0 Å². The lowest BCUT2D eigenvalue weighted by Crippen LogP contribution is -2.25. The van der Waals surface area contributed by atoms with Gasteiger partial charge in [0.25, 0.3) is 11.8 Å². The molecule has 0 aliphatic carbocycles. The summed E-state index contributed by atoms with van der Waals surface area (Å²) in [6.07, 6.45) is 3.17. The van der Waals surface area contributed by atoms with Gasteiger partial charge in [-0.2, -0.15) is 0 Å². The monoisotopic (exact) mass is 395 g/mol. The third-order valence-corrected chi connectivity index (χ3v) is 5.04. The molecule has 0 spiro atoms. The molecule has 2 aromatic rings. The topological polar surface area (TPSA) is 61.4 Å². The van der Waals surface area contributed by atoms with Crippen LogP contribution in [-0.2, 0) is 0 Å². The molecule has 5 nitrogen and oxygen atoms in total. The van der Waals surface area contributed by atoms with E-state index in [0.29, 0.717) is 17.7 Å². The number of unbranched alkanes of at least 4 members (excludes halogenated alkanes) is 2. The molecule has 0 saturated carbocycles. The fourth-order valence-electron chi connectivity index (χ4n) is 3.25. The zero-order valence-electron chi connectivity index (χ0n) is 18.0. The molecule has 0 heterocycles. The van der Waals surface area contributed by atoms with Gasteiger partial charge in [-0.15, -0.1) is 0 Å². The van der Waals surface area contributed by atoms with E-state index >= 15 is 0 Å². The highest BCUT2D eigenvalue weighted by atomic mass is 16.2. The second-order valence-electron chi connectivity index (χ2n) is 7.17. The van der Waals surface area contributed by atoms with E-state index in [1.807, 2.05) is 19.1 Å². The molecule has 0 radical (unpaired) electrons. The van der Waals surface area contributed by atoms with Gasteiger partial charge in [0.2, 0.25) is 0 Å². The van der Waals surface area contributed by atoms with Crippen molar-refractivity contribution in [1.82, 2.24) is 5.32 Å². The SMILES string of the molecule is CCCCCNC(=O)c1cccc(C(=O)Nc2ccc(N(CC)CC)cc2C)c1. The summed E-state index contributed by atoms with van der Waals surface area (Å²) < 4.78 is 0. The minimum Gasteiger partial charge on any atom is -0.372 e. The van der Waals surface area contributed by atoms with Crippen LogP contribution in [0.2, 0.25) is 0 Å². The highest BCUT2D eigenvalue weighted by Gasteiger charge is 2.12. The number of carbonyl (C=O) groups excluding carboxylic acids is 2. The number of aryl methyl sites for hydroxylation is 1. The summed E-state index contributed by atoms with van der Waals surface area (Å²) in [6, 6.07) is 12.9. The van der Waals surface area contributed by atoms with E-state index in [-0.39, 0.29) is 11.8 Å². The van der Waals surface area contributed by atoms with Gasteiger partial charge in [0.05, 0.1) is 0 Å². The van der Waals surface area contributed by atoms with Crippen LogP contribution >= 0.6 is 0 Å². The first kappa shape index (κ1) is 22.5. The zero-order chi connectivity index (χ0) is 21.2. The van der Waals surface area contributed by atoms with Gasteiger partial charge in [-0.1, -0.05) is 25.8 Å². The summed E-state index contributed by atoms with van der Waals surface area (Å²) in [6.45, 7) is 10.9. The van der Waals surface area contributed by atoms with E-state index in [1.54, 1.807) is 24.3 Å². The largest absolute Gasteiger partial charge is 0.372 e. The Kier molecular flexibility index (Phi) is 8.71. The Morgan fingerprint density at radius 1 is 0.897 bits per heavy atom. The first-order valence-electron chi connectivity index (χ1n) is 10.5. The van der Waals surface area contributed by atoms with Gasteiger partial charge in [0, 0.05) is 42.1 Å². The number of rotatable bonds is 10. The van der Waals surface area contributed by atoms with Crippen LogP contribution in [0.15, 0.2) is 42.5 Å². The van der Waals surface area contributed by atoms with Crippen molar-refractivity contribution in [2.75, 3.05) is 29.9 Å². The first-order valence-corrected chi connectivity index (χ1v) is 10.5. The molecule has 0 aromatic heterocycles. The molecule has 0 unspecified atom stereocenters. The number of benzene rings is 2. The minimum absolute atomic E-state index is 0.143. The van der Waals surface area contributed by atoms with E-state index in [9.17, 15) is 9.59 Å². The lowest BCUT2D eigenvalue weighted by atomic mass is 10.1. The van der Waals surface area contributed by atoms with E-state index in [0.717, 1.165) is 49.3 Å². The summed E-state index contributed by atoms with van der Waals surface area (Å²) >= 11 is 0. The Balaban J connectivity index is 2.06.